The van der Waals surface area contributed by atoms with Gasteiger partial charge in [-0.2, -0.15) is 4.37 Å². The minimum Gasteiger partial charge on any atom is -0.497 e. The maximum absolute atomic E-state index is 5.43. The van der Waals surface area contributed by atoms with Crippen molar-refractivity contribution in [2.45, 2.75) is 31.7 Å². The van der Waals surface area contributed by atoms with Crippen molar-refractivity contribution >= 4 is 16.7 Å². The number of hydrogen-bond donors (Lipinski definition) is 1. The van der Waals surface area contributed by atoms with E-state index in [4.69, 9.17) is 9.47 Å². The van der Waals surface area contributed by atoms with Crippen LogP contribution in [0, 0.1) is 0 Å². The van der Waals surface area contributed by atoms with E-state index < -0.39 is 0 Å². The van der Waals surface area contributed by atoms with Crippen molar-refractivity contribution in [1.29, 1.82) is 0 Å². The molecule has 0 bridgehead atoms. The Morgan fingerprint density at radius 2 is 2.10 bits per heavy atom. The van der Waals surface area contributed by atoms with Crippen LogP contribution in [0.25, 0.3) is 0 Å². The highest BCUT2D eigenvalue weighted by atomic mass is 32.1. The normalized spacial score (nSPS) is 15.6. The standard InChI is InChI=1S/C15H19N3O2S/c1-9(12-8-11(19-2)6-7-13(12)20-3)16-15-17-14(18-21-15)10-4-5-10/h6-10H,4-5H2,1-3H3,(H,16,17,18). The summed E-state index contributed by atoms with van der Waals surface area (Å²) in [6, 6.07) is 5.86. The number of aromatic nitrogens is 2. The molecule has 112 valence electrons. The van der Waals surface area contributed by atoms with Gasteiger partial charge in [0.15, 0.2) is 0 Å². The van der Waals surface area contributed by atoms with Gasteiger partial charge in [-0.3, -0.25) is 0 Å². The van der Waals surface area contributed by atoms with E-state index in [1.54, 1.807) is 14.2 Å². The Labute approximate surface area is 128 Å². The molecule has 1 unspecified atom stereocenters. The summed E-state index contributed by atoms with van der Waals surface area (Å²) < 4.78 is 15.1. The number of ether oxygens (including phenoxy) is 2. The molecule has 1 heterocycles. The topological polar surface area (TPSA) is 56.3 Å². The average molecular weight is 305 g/mol. The zero-order valence-electron chi connectivity index (χ0n) is 12.4. The van der Waals surface area contributed by atoms with E-state index in [1.165, 1.54) is 24.4 Å². The van der Waals surface area contributed by atoms with E-state index in [9.17, 15) is 0 Å². The van der Waals surface area contributed by atoms with Crippen LogP contribution in [0.1, 0.15) is 43.1 Å². The van der Waals surface area contributed by atoms with Gasteiger partial charge in [-0.1, -0.05) is 0 Å². The van der Waals surface area contributed by atoms with Gasteiger partial charge >= 0.3 is 0 Å². The van der Waals surface area contributed by atoms with Gasteiger partial charge in [0.05, 0.1) is 20.3 Å². The van der Waals surface area contributed by atoms with Crippen molar-refractivity contribution in [1.82, 2.24) is 9.36 Å². The van der Waals surface area contributed by atoms with E-state index in [2.05, 4.69) is 21.6 Å². The monoisotopic (exact) mass is 305 g/mol. The van der Waals surface area contributed by atoms with Crippen LogP contribution in [0.5, 0.6) is 11.5 Å². The Morgan fingerprint density at radius 3 is 2.76 bits per heavy atom. The van der Waals surface area contributed by atoms with E-state index >= 15 is 0 Å². The van der Waals surface area contributed by atoms with Gasteiger partial charge in [0.1, 0.15) is 17.3 Å². The van der Waals surface area contributed by atoms with Crippen LogP contribution >= 0.6 is 11.5 Å². The summed E-state index contributed by atoms with van der Waals surface area (Å²) in [4.78, 5) is 4.56. The molecule has 6 heteroatoms. The third kappa shape index (κ3) is 3.10. The fourth-order valence-corrected chi connectivity index (χ4v) is 2.98. The van der Waals surface area contributed by atoms with Crippen LogP contribution in [0.3, 0.4) is 0 Å². The lowest BCUT2D eigenvalue weighted by molar-refractivity contribution is 0.397. The molecule has 1 aromatic carbocycles. The van der Waals surface area contributed by atoms with Crippen molar-refractivity contribution in [3.8, 4) is 11.5 Å². The molecule has 0 aliphatic heterocycles. The summed E-state index contributed by atoms with van der Waals surface area (Å²) in [5.74, 6) is 3.21. The summed E-state index contributed by atoms with van der Waals surface area (Å²) >= 11 is 1.42. The van der Waals surface area contributed by atoms with Gasteiger partial charge in [0, 0.05) is 23.0 Å². The number of hydrogen-bond acceptors (Lipinski definition) is 6. The largest absolute Gasteiger partial charge is 0.497 e. The molecule has 0 amide bonds. The second-order valence-corrected chi connectivity index (χ2v) is 5.96. The first-order chi connectivity index (χ1) is 10.2. The lowest BCUT2D eigenvalue weighted by Gasteiger charge is -2.17. The van der Waals surface area contributed by atoms with E-state index in [0.717, 1.165) is 28.0 Å². The van der Waals surface area contributed by atoms with E-state index in [-0.39, 0.29) is 6.04 Å². The Balaban J connectivity index is 1.78. The Kier molecular flexibility index (Phi) is 3.96. The predicted octanol–water partition coefficient (Wildman–Crippen LogP) is 3.61. The fraction of sp³-hybridized carbons (Fsp3) is 0.467. The van der Waals surface area contributed by atoms with Gasteiger partial charge in [-0.25, -0.2) is 4.98 Å². The van der Waals surface area contributed by atoms with Crippen LogP contribution in [0.15, 0.2) is 18.2 Å². The Hall–Kier alpha value is -1.82. The van der Waals surface area contributed by atoms with Crippen LogP contribution < -0.4 is 14.8 Å². The van der Waals surface area contributed by atoms with E-state index in [0.29, 0.717) is 5.92 Å². The molecule has 1 aromatic heterocycles. The van der Waals surface area contributed by atoms with Gasteiger partial charge in [0.2, 0.25) is 5.13 Å². The molecule has 1 aliphatic rings. The first-order valence-corrected chi connectivity index (χ1v) is 7.80. The summed E-state index contributed by atoms with van der Waals surface area (Å²) in [6.07, 6.45) is 2.44. The lowest BCUT2D eigenvalue weighted by Crippen LogP contribution is -2.08. The maximum Gasteiger partial charge on any atom is 0.203 e. The van der Waals surface area contributed by atoms with Crippen LogP contribution in [-0.2, 0) is 0 Å². The molecule has 1 N–H and O–H groups in total. The first kappa shape index (κ1) is 14.1. The van der Waals surface area contributed by atoms with Gasteiger partial charge in [-0.05, 0) is 38.0 Å². The zero-order valence-corrected chi connectivity index (χ0v) is 13.2. The third-order valence-electron chi connectivity index (χ3n) is 3.63. The van der Waals surface area contributed by atoms with Gasteiger partial charge in [0.25, 0.3) is 0 Å². The molecule has 1 saturated carbocycles. The molecule has 1 fully saturated rings. The Morgan fingerprint density at radius 1 is 1.29 bits per heavy atom. The van der Waals surface area contributed by atoms with Crippen molar-refractivity contribution < 1.29 is 9.47 Å². The average Bonchev–Trinajstić information content (AvgIpc) is 3.27. The summed E-state index contributed by atoms with van der Waals surface area (Å²) in [5, 5.41) is 4.25. The number of benzene rings is 1. The van der Waals surface area contributed by atoms with Crippen LogP contribution in [0.2, 0.25) is 0 Å². The SMILES string of the molecule is COc1ccc(OC)c(C(C)Nc2nc(C3CC3)ns2)c1. The highest BCUT2D eigenvalue weighted by molar-refractivity contribution is 7.09. The smallest absolute Gasteiger partial charge is 0.203 e. The minimum absolute atomic E-state index is 0.0649. The lowest BCUT2D eigenvalue weighted by atomic mass is 10.1. The molecule has 1 aliphatic carbocycles. The van der Waals surface area contributed by atoms with Crippen molar-refractivity contribution in [3.63, 3.8) is 0 Å². The highest BCUT2D eigenvalue weighted by Crippen LogP contribution is 2.40. The second-order valence-electron chi connectivity index (χ2n) is 5.21. The first-order valence-electron chi connectivity index (χ1n) is 7.03. The number of nitrogens with one attached hydrogen (secondary N) is 1. The third-order valence-corrected chi connectivity index (χ3v) is 4.29. The summed E-state index contributed by atoms with van der Waals surface area (Å²) in [6.45, 7) is 2.08. The molecular weight excluding hydrogens is 286 g/mol. The Bertz CT molecular complexity index is 625. The quantitative estimate of drug-likeness (QED) is 0.883. The van der Waals surface area contributed by atoms with Crippen LogP contribution in [-0.4, -0.2) is 23.6 Å². The number of nitrogens with zero attached hydrogens (tertiary/aromatic N) is 2. The molecule has 3 rings (SSSR count). The molecule has 5 nitrogen and oxygen atoms in total. The van der Waals surface area contributed by atoms with Gasteiger partial charge in [-0.15, -0.1) is 0 Å². The molecular formula is C15H19N3O2S. The number of rotatable bonds is 6. The molecule has 0 saturated heterocycles. The number of anilines is 1. The van der Waals surface area contributed by atoms with Crippen molar-refractivity contribution in [2.24, 2.45) is 0 Å². The number of methoxy groups -OCH3 is 2. The fourth-order valence-electron chi connectivity index (χ4n) is 2.24. The molecule has 0 spiro atoms. The second kappa shape index (κ2) is 5.89. The van der Waals surface area contributed by atoms with Crippen molar-refractivity contribution in [2.75, 3.05) is 19.5 Å². The van der Waals surface area contributed by atoms with Crippen molar-refractivity contribution in [3.05, 3.63) is 29.6 Å². The summed E-state index contributed by atoms with van der Waals surface area (Å²) in [7, 11) is 3.34. The van der Waals surface area contributed by atoms with E-state index in [1.807, 2.05) is 18.2 Å². The zero-order chi connectivity index (χ0) is 14.8. The maximum atomic E-state index is 5.43. The molecule has 21 heavy (non-hydrogen) atoms. The minimum atomic E-state index is 0.0649. The highest BCUT2D eigenvalue weighted by Gasteiger charge is 2.28. The van der Waals surface area contributed by atoms with Crippen LogP contribution in [0.4, 0.5) is 5.13 Å². The molecule has 2 aromatic rings. The predicted molar refractivity (Wildman–Crippen MR) is 83.5 cm³/mol. The van der Waals surface area contributed by atoms with Gasteiger partial charge < -0.3 is 14.8 Å². The molecule has 1 atom stereocenters. The summed E-state index contributed by atoms with van der Waals surface area (Å²) in [5.41, 5.74) is 1.04. The molecule has 0 radical (unpaired) electrons.